The largest absolute Gasteiger partial charge is 0.234 e. The van der Waals surface area contributed by atoms with E-state index < -0.39 is 0 Å². The van der Waals surface area contributed by atoms with Gasteiger partial charge in [-0.2, -0.15) is 0 Å². The summed E-state index contributed by atoms with van der Waals surface area (Å²) >= 11 is 0. The number of benzene rings is 1. The molecular weight excluding hydrogens is 174 g/mol. The van der Waals surface area contributed by atoms with Crippen LogP contribution in [0.4, 0.5) is 0 Å². The number of hydrogen-bond acceptors (Lipinski definition) is 2. The Bertz CT molecular complexity index is 310. The Morgan fingerprint density at radius 1 is 1.21 bits per heavy atom. The first-order valence-electron chi connectivity index (χ1n) is 4.98. The molecule has 0 saturated carbocycles. The highest BCUT2D eigenvalue weighted by Gasteiger charge is 1.93. The van der Waals surface area contributed by atoms with Gasteiger partial charge >= 0.3 is 0 Å². The van der Waals surface area contributed by atoms with Gasteiger partial charge in [-0.1, -0.05) is 31.2 Å². The quantitative estimate of drug-likeness (QED) is 0.397. The first kappa shape index (κ1) is 10.7. The molecule has 1 rings (SSSR count). The second-order valence-corrected chi connectivity index (χ2v) is 3.25. The highest BCUT2D eigenvalue weighted by atomic mass is 16.1. The van der Waals surface area contributed by atoms with Gasteiger partial charge < -0.3 is 0 Å². The fourth-order valence-corrected chi connectivity index (χ4v) is 1.35. The molecule has 1 aromatic rings. The number of isocyanates is 1. The minimum atomic E-state index is 0.582. The molecule has 0 fully saturated rings. The first-order chi connectivity index (χ1) is 6.86. The molecule has 0 amide bonds. The van der Waals surface area contributed by atoms with Crippen molar-refractivity contribution in [2.24, 2.45) is 4.99 Å². The third kappa shape index (κ3) is 3.55. The maximum atomic E-state index is 9.81. The molecule has 0 bridgehead atoms. The minimum absolute atomic E-state index is 0.582. The smallest absolute Gasteiger partial charge is 0.211 e. The van der Waals surface area contributed by atoms with E-state index in [2.05, 4.69) is 36.2 Å². The SMILES string of the molecule is CCc1ccc(CCCN=C=O)cc1. The normalized spacial score (nSPS) is 9.50. The van der Waals surface area contributed by atoms with Crippen LogP contribution in [0, 0.1) is 0 Å². The van der Waals surface area contributed by atoms with Gasteiger partial charge in [0.2, 0.25) is 6.08 Å². The molecule has 74 valence electrons. The molecule has 2 nitrogen and oxygen atoms in total. The van der Waals surface area contributed by atoms with Gasteiger partial charge in [0.1, 0.15) is 0 Å². The van der Waals surface area contributed by atoms with Crippen molar-refractivity contribution in [3.63, 3.8) is 0 Å². The topological polar surface area (TPSA) is 29.4 Å². The summed E-state index contributed by atoms with van der Waals surface area (Å²) < 4.78 is 0. The van der Waals surface area contributed by atoms with Gasteiger partial charge in [0.15, 0.2) is 0 Å². The van der Waals surface area contributed by atoms with Crippen molar-refractivity contribution in [3.05, 3.63) is 35.4 Å². The predicted molar refractivity (Wildman–Crippen MR) is 57.1 cm³/mol. The van der Waals surface area contributed by atoms with E-state index in [0.717, 1.165) is 19.3 Å². The minimum Gasteiger partial charge on any atom is -0.211 e. The van der Waals surface area contributed by atoms with Crippen molar-refractivity contribution >= 4 is 6.08 Å². The Hall–Kier alpha value is -1.40. The summed E-state index contributed by atoms with van der Waals surface area (Å²) in [6.45, 7) is 2.73. The Balaban J connectivity index is 2.39. The third-order valence-corrected chi connectivity index (χ3v) is 2.23. The fraction of sp³-hybridized carbons (Fsp3) is 0.417. The van der Waals surface area contributed by atoms with Crippen LogP contribution in [0.15, 0.2) is 29.3 Å². The number of carbonyl (C=O) groups excluding carboxylic acids is 1. The van der Waals surface area contributed by atoms with Crippen LogP contribution in [0.1, 0.15) is 24.5 Å². The molecule has 0 aliphatic carbocycles. The van der Waals surface area contributed by atoms with E-state index in [4.69, 9.17) is 0 Å². The van der Waals surface area contributed by atoms with E-state index in [1.807, 2.05) is 0 Å². The Kier molecular flexibility index (Phi) is 4.66. The van der Waals surface area contributed by atoms with E-state index in [9.17, 15) is 4.79 Å². The van der Waals surface area contributed by atoms with Gasteiger partial charge in [-0.25, -0.2) is 9.79 Å². The van der Waals surface area contributed by atoms with Gasteiger partial charge in [0.25, 0.3) is 0 Å². The zero-order valence-electron chi connectivity index (χ0n) is 8.49. The summed E-state index contributed by atoms with van der Waals surface area (Å²) in [6.07, 6.45) is 4.52. The van der Waals surface area contributed by atoms with Crippen LogP contribution in [-0.4, -0.2) is 12.6 Å². The van der Waals surface area contributed by atoms with Crippen molar-refractivity contribution in [1.29, 1.82) is 0 Å². The lowest BCUT2D eigenvalue weighted by molar-refractivity contribution is 0.562. The lowest BCUT2D eigenvalue weighted by Gasteiger charge is -2.00. The molecule has 0 aliphatic heterocycles. The third-order valence-electron chi connectivity index (χ3n) is 2.23. The van der Waals surface area contributed by atoms with E-state index in [1.54, 1.807) is 6.08 Å². The van der Waals surface area contributed by atoms with E-state index in [-0.39, 0.29) is 0 Å². The first-order valence-corrected chi connectivity index (χ1v) is 4.98. The molecule has 0 atom stereocenters. The van der Waals surface area contributed by atoms with Gasteiger partial charge in [-0.05, 0) is 30.4 Å². The molecule has 2 heteroatoms. The summed E-state index contributed by atoms with van der Waals surface area (Å²) in [5.74, 6) is 0. The standard InChI is InChI=1S/C12H15NO/c1-2-11-5-7-12(8-6-11)4-3-9-13-10-14/h5-8H,2-4,9H2,1H3. The summed E-state index contributed by atoms with van der Waals surface area (Å²) in [4.78, 5) is 13.3. The number of nitrogens with zero attached hydrogens (tertiary/aromatic N) is 1. The summed E-state index contributed by atoms with van der Waals surface area (Å²) in [5.41, 5.74) is 2.67. The molecular formula is C12H15NO. The van der Waals surface area contributed by atoms with Gasteiger partial charge in [0.05, 0.1) is 6.54 Å². The molecule has 0 spiro atoms. The predicted octanol–water partition coefficient (Wildman–Crippen LogP) is 2.52. The highest BCUT2D eigenvalue weighted by molar-refractivity contribution is 5.32. The Morgan fingerprint density at radius 3 is 2.43 bits per heavy atom. The molecule has 1 aromatic carbocycles. The van der Waals surface area contributed by atoms with Crippen LogP contribution in [0.3, 0.4) is 0 Å². The Morgan fingerprint density at radius 2 is 1.86 bits per heavy atom. The molecule has 0 saturated heterocycles. The maximum Gasteiger partial charge on any atom is 0.234 e. The number of aliphatic imine (C=N–C) groups is 1. The van der Waals surface area contributed by atoms with E-state index >= 15 is 0 Å². The second kappa shape index (κ2) is 6.11. The summed E-state index contributed by atoms with van der Waals surface area (Å²) in [6, 6.07) is 8.59. The highest BCUT2D eigenvalue weighted by Crippen LogP contribution is 2.07. The van der Waals surface area contributed by atoms with Crippen LogP contribution in [-0.2, 0) is 17.6 Å². The van der Waals surface area contributed by atoms with Crippen LogP contribution in [0.2, 0.25) is 0 Å². The van der Waals surface area contributed by atoms with Crippen molar-refractivity contribution in [2.75, 3.05) is 6.54 Å². The molecule has 0 radical (unpaired) electrons. The van der Waals surface area contributed by atoms with Crippen LogP contribution in [0.25, 0.3) is 0 Å². The van der Waals surface area contributed by atoms with E-state index in [1.165, 1.54) is 11.1 Å². The van der Waals surface area contributed by atoms with Gasteiger partial charge in [-0.15, -0.1) is 0 Å². The van der Waals surface area contributed by atoms with Gasteiger partial charge in [-0.3, -0.25) is 0 Å². The second-order valence-electron chi connectivity index (χ2n) is 3.25. The summed E-state index contributed by atoms with van der Waals surface area (Å²) in [7, 11) is 0. The molecule has 0 aliphatic rings. The lowest BCUT2D eigenvalue weighted by atomic mass is 10.1. The summed E-state index contributed by atoms with van der Waals surface area (Å²) in [5, 5.41) is 0. The molecule has 0 unspecified atom stereocenters. The molecule has 0 aromatic heterocycles. The van der Waals surface area contributed by atoms with Crippen molar-refractivity contribution in [3.8, 4) is 0 Å². The van der Waals surface area contributed by atoms with Gasteiger partial charge in [0, 0.05) is 0 Å². The van der Waals surface area contributed by atoms with E-state index in [0.29, 0.717) is 6.54 Å². The fourth-order valence-electron chi connectivity index (χ4n) is 1.35. The van der Waals surface area contributed by atoms with Crippen LogP contribution < -0.4 is 0 Å². The van der Waals surface area contributed by atoms with Crippen LogP contribution in [0.5, 0.6) is 0 Å². The Labute approximate surface area is 84.7 Å². The lowest BCUT2D eigenvalue weighted by Crippen LogP contribution is -1.89. The molecule has 14 heavy (non-hydrogen) atoms. The van der Waals surface area contributed by atoms with Crippen molar-refractivity contribution < 1.29 is 4.79 Å². The maximum absolute atomic E-state index is 9.81. The van der Waals surface area contributed by atoms with Crippen LogP contribution >= 0.6 is 0 Å². The monoisotopic (exact) mass is 189 g/mol. The zero-order valence-corrected chi connectivity index (χ0v) is 8.49. The van der Waals surface area contributed by atoms with Crippen molar-refractivity contribution in [2.45, 2.75) is 26.2 Å². The van der Waals surface area contributed by atoms with Crippen molar-refractivity contribution in [1.82, 2.24) is 0 Å². The average molecular weight is 189 g/mol. The average Bonchev–Trinajstić information content (AvgIpc) is 2.25. The zero-order chi connectivity index (χ0) is 10.2. The molecule has 0 heterocycles. The molecule has 0 N–H and O–H groups in total. The number of rotatable bonds is 5. The number of hydrogen-bond donors (Lipinski definition) is 0. The number of aryl methyl sites for hydroxylation is 2.